The summed E-state index contributed by atoms with van der Waals surface area (Å²) in [5.74, 6) is 0. The van der Waals surface area contributed by atoms with E-state index in [-0.39, 0.29) is 0 Å². The third kappa shape index (κ3) is 2.51. The van der Waals surface area contributed by atoms with Crippen molar-refractivity contribution in [1.82, 2.24) is 9.38 Å². The van der Waals surface area contributed by atoms with E-state index >= 15 is 0 Å². The Morgan fingerprint density at radius 1 is 1.15 bits per heavy atom. The molecule has 1 aromatic carbocycles. The lowest BCUT2D eigenvalue weighted by Crippen LogP contribution is -2.16. The van der Waals surface area contributed by atoms with Gasteiger partial charge in [-0.25, -0.2) is 4.98 Å². The first kappa shape index (κ1) is 12.7. The summed E-state index contributed by atoms with van der Waals surface area (Å²) in [4.78, 5) is 6.80. The van der Waals surface area contributed by atoms with Crippen molar-refractivity contribution in [2.45, 2.75) is 13.1 Å². The van der Waals surface area contributed by atoms with Crippen LogP contribution >= 0.6 is 0 Å². The van der Waals surface area contributed by atoms with Crippen molar-refractivity contribution < 1.29 is 0 Å². The summed E-state index contributed by atoms with van der Waals surface area (Å²) < 4.78 is 2.04. The maximum atomic E-state index is 5.62. The molecule has 0 fully saturated rings. The van der Waals surface area contributed by atoms with E-state index in [1.807, 2.05) is 28.8 Å². The monoisotopic (exact) mass is 266 g/mol. The summed E-state index contributed by atoms with van der Waals surface area (Å²) >= 11 is 0. The van der Waals surface area contributed by atoms with Gasteiger partial charge in [-0.1, -0.05) is 18.2 Å². The zero-order valence-electron chi connectivity index (χ0n) is 11.5. The van der Waals surface area contributed by atoms with Crippen molar-refractivity contribution in [1.29, 1.82) is 0 Å². The number of hydrogen-bond donors (Lipinski definition) is 1. The lowest BCUT2D eigenvalue weighted by atomic mass is 10.2. The van der Waals surface area contributed by atoms with E-state index in [2.05, 4.69) is 47.4 Å². The molecule has 0 saturated carbocycles. The molecule has 2 aromatic heterocycles. The summed E-state index contributed by atoms with van der Waals surface area (Å²) in [5.41, 5.74) is 9.97. The fourth-order valence-corrected chi connectivity index (χ4v) is 2.28. The Kier molecular flexibility index (Phi) is 3.39. The van der Waals surface area contributed by atoms with Gasteiger partial charge in [0.1, 0.15) is 5.65 Å². The Morgan fingerprint density at radius 2 is 1.95 bits per heavy atom. The highest BCUT2D eigenvalue weighted by atomic mass is 15.1. The van der Waals surface area contributed by atoms with Crippen LogP contribution in [-0.4, -0.2) is 16.4 Å². The number of anilines is 1. The molecule has 2 N–H and O–H groups in total. The number of hydrogen-bond acceptors (Lipinski definition) is 3. The summed E-state index contributed by atoms with van der Waals surface area (Å²) in [6.07, 6.45) is 4.09. The van der Waals surface area contributed by atoms with Crippen LogP contribution in [0.15, 0.2) is 54.9 Å². The minimum Gasteiger partial charge on any atom is -0.369 e. The number of imidazole rings is 1. The molecule has 2 heterocycles. The van der Waals surface area contributed by atoms with Crippen LogP contribution in [0.4, 0.5) is 5.69 Å². The summed E-state index contributed by atoms with van der Waals surface area (Å²) in [7, 11) is 2.07. The molecular weight excluding hydrogens is 248 g/mol. The predicted molar refractivity (Wildman–Crippen MR) is 81.6 cm³/mol. The Balaban J connectivity index is 1.78. The highest BCUT2D eigenvalue weighted by Gasteiger charge is 2.06. The lowest BCUT2D eigenvalue weighted by molar-refractivity contribution is 0.895. The van der Waals surface area contributed by atoms with Crippen LogP contribution in [0, 0.1) is 0 Å². The number of rotatable bonds is 4. The quantitative estimate of drug-likeness (QED) is 0.789. The molecule has 4 nitrogen and oxygen atoms in total. The molecule has 0 aliphatic rings. The maximum absolute atomic E-state index is 5.62. The van der Waals surface area contributed by atoms with Gasteiger partial charge in [-0.3, -0.25) is 0 Å². The third-order valence-electron chi connectivity index (χ3n) is 3.43. The highest BCUT2D eigenvalue weighted by Crippen LogP contribution is 2.16. The number of benzene rings is 1. The first-order valence-corrected chi connectivity index (χ1v) is 6.69. The Hall–Kier alpha value is -2.33. The molecule has 0 aliphatic carbocycles. The van der Waals surface area contributed by atoms with Gasteiger partial charge in [0.15, 0.2) is 0 Å². The average molecular weight is 266 g/mol. The van der Waals surface area contributed by atoms with Crippen molar-refractivity contribution in [2.75, 3.05) is 11.9 Å². The van der Waals surface area contributed by atoms with E-state index < -0.39 is 0 Å². The van der Waals surface area contributed by atoms with Gasteiger partial charge in [0.2, 0.25) is 0 Å². The SMILES string of the molecule is CN(Cc1cn2ccccc2n1)c1ccc(CN)cc1. The van der Waals surface area contributed by atoms with Gasteiger partial charge >= 0.3 is 0 Å². The van der Waals surface area contributed by atoms with Crippen LogP contribution in [-0.2, 0) is 13.1 Å². The second kappa shape index (κ2) is 5.35. The molecule has 3 aromatic rings. The van der Waals surface area contributed by atoms with Crippen molar-refractivity contribution in [2.24, 2.45) is 5.73 Å². The molecule has 0 amide bonds. The Morgan fingerprint density at radius 3 is 2.65 bits per heavy atom. The molecule has 102 valence electrons. The number of fused-ring (bicyclic) bond motifs is 1. The topological polar surface area (TPSA) is 46.6 Å². The number of aromatic nitrogens is 2. The van der Waals surface area contributed by atoms with E-state index in [9.17, 15) is 0 Å². The van der Waals surface area contributed by atoms with Crippen molar-refractivity contribution >= 4 is 11.3 Å². The van der Waals surface area contributed by atoms with Crippen LogP contribution in [0.25, 0.3) is 5.65 Å². The van der Waals surface area contributed by atoms with Gasteiger partial charge in [-0.15, -0.1) is 0 Å². The van der Waals surface area contributed by atoms with E-state index in [0.717, 1.165) is 23.4 Å². The zero-order chi connectivity index (χ0) is 13.9. The fourth-order valence-electron chi connectivity index (χ4n) is 2.28. The van der Waals surface area contributed by atoms with Crippen LogP contribution in [0.2, 0.25) is 0 Å². The Bertz CT molecular complexity index is 667. The first-order chi connectivity index (χ1) is 9.76. The second-order valence-electron chi connectivity index (χ2n) is 4.92. The first-order valence-electron chi connectivity index (χ1n) is 6.69. The van der Waals surface area contributed by atoms with Crippen molar-refractivity contribution in [3.63, 3.8) is 0 Å². The predicted octanol–water partition coefficient (Wildman–Crippen LogP) is 2.43. The highest BCUT2D eigenvalue weighted by molar-refractivity contribution is 5.48. The Labute approximate surface area is 118 Å². The van der Waals surface area contributed by atoms with Gasteiger partial charge in [-0.05, 0) is 29.8 Å². The van der Waals surface area contributed by atoms with Gasteiger partial charge in [0.25, 0.3) is 0 Å². The molecule has 0 bridgehead atoms. The molecule has 0 radical (unpaired) electrons. The summed E-state index contributed by atoms with van der Waals surface area (Å²) in [5, 5.41) is 0. The molecule has 0 aliphatic heterocycles. The summed E-state index contributed by atoms with van der Waals surface area (Å²) in [6, 6.07) is 14.3. The second-order valence-corrected chi connectivity index (χ2v) is 4.92. The molecule has 4 heteroatoms. The van der Waals surface area contributed by atoms with E-state index in [1.165, 1.54) is 5.69 Å². The van der Waals surface area contributed by atoms with Crippen LogP contribution < -0.4 is 10.6 Å². The fraction of sp³-hybridized carbons (Fsp3) is 0.188. The molecule has 0 atom stereocenters. The number of pyridine rings is 1. The van der Waals surface area contributed by atoms with Gasteiger partial charge in [-0.2, -0.15) is 0 Å². The molecule has 0 spiro atoms. The van der Waals surface area contributed by atoms with Crippen LogP contribution in [0.3, 0.4) is 0 Å². The molecular formula is C16H18N4. The molecule has 0 unspecified atom stereocenters. The van der Waals surface area contributed by atoms with Crippen molar-refractivity contribution in [3.8, 4) is 0 Å². The van der Waals surface area contributed by atoms with E-state index in [0.29, 0.717) is 6.54 Å². The zero-order valence-corrected chi connectivity index (χ0v) is 11.5. The van der Waals surface area contributed by atoms with Crippen LogP contribution in [0.5, 0.6) is 0 Å². The standard InChI is InChI=1S/C16H18N4/c1-19(15-7-5-13(10-17)6-8-15)11-14-12-20-9-3-2-4-16(20)18-14/h2-9,12H,10-11,17H2,1H3. The van der Waals surface area contributed by atoms with E-state index in [1.54, 1.807) is 0 Å². The molecule has 3 rings (SSSR count). The average Bonchev–Trinajstić information content (AvgIpc) is 2.89. The normalized spacial score (nSPS) is 10.9. The number of nitrogens with zero attached hydrogens (tertiary/aromatic N) is 3. The van der Waals surface area contributed by atoms with Gasteiger partial charge in [0, 0.05) is 31.7 Å². The van der Waals surface area contributed by atoms with Gasteiger partial charge < -0.3 is 15.0 Å². The largest absolute Gasteiger partial charge is 0.369 e. The number of nitrogens with two attached hydrogens (primary N) is 1. The van der Waals surface area contributed by atoms with E-state index in [4.69, 9.17) is 5.73 Å². The minimum absolute atomic E-state index is 0.580. The minimum atomic E-state index is 0.580. The summed E-state index contributed by atoms with van der Waals surface area (Å²) in [6.45, 7) is 1.36. The van der Waals surface area contributed by atoms with Gasteiger partial charge in [0.05, 0.1) is 12.2 Å². The smallest absolute Gasteiger partial charge is 0.137 e. The maximum Gasteiger partial charge on any atom is 0.137 e. The van der Waals surface area contributed by atoms with Crippen LogP contribution in [0.1, 0.15) is 11.3 Å². The molecule has 20 heavy (non-hydrogen) atoms. The van der Waals surface area contributed by atoms with Crippen molar-refractivity contribution in [3.05, 3.63) is 66.1 Å². The third-order valence-corrected chi connectivity index (χ3v) is 3.43. The lowest BCUT2D eigenvalue weighted by Gasteiger charge is -2.18. The molecule has 0 saturated heterocycles.